The normalized spacial score (nSPS) is 29.8. The van der Waals surface area contributed by atoms with Crippen molar-refractivity contribution in [3.63, 3.8) is 0 Å². The van der Waals surface area contributed by atoms with E-state index in [9.17, 15) is 9.59 Å². The number of nitrogens with one attached hydrogen (secondary N) is 1. The fourth-order valence-electron chi connectivity index (χ4n) is 4.72. The standard InChI is InChI=1S/C20H34N2O2/c23-19(21-18-8-4-1-2-5-9-18)16-10-12-17(13-11-16)20(24)22-14-6-3-7-15-22/h16-18H,1-15H2,(H,21,23). The molecule has 0 atom stereocenters. The lowest BCUT2D eigenvalue weighted by molar-refractivity contribution is -0.139. The Labute approximate surface area is 146 Å². The first-order valence-corrected chi connectivity index (χ1v) is 10.3. The Hall–Kier alpha value is -1.06. The van der Waals surface area contributed by atoms with Gasteiger partial charge in [-0.1, -0.05) is 25.7 Å². The van der Waals surface area contributed by atoms with Gasteiger partial charge in [-0.2, -0.15) is 0 Å². The fraction of sp³-hybridized carbons (Fsp3) is 0.900. The van der Waals surface area contributed by atoms with Crippen LogP contribution in [0, 0.1) is 11.8 Å². The van der Waals surface area contributed by atoms with E-state index in [1.807, 2.05) is 0 Å². The number of carbonyl (C=O) groups is 2. The third-order valence-electron chi connectivity index (χ3n) is 6.32. The van der Waals surface area contributed by atoms with Crippen molar-refractivity contribution in [3.8, 4) is 0 Å². The Morgan fingerprint density at radius 1 is 0.667 bits per heavy atom. The fourth-order valence-corrected chi connectivity index (χ4v) is 4.72. The highest BCUT2D eigenvalue weighted by molar-refractivity contribution is 5.81. The Balaban J connectivity index is 1.42. The number of rotatable bonds is 3. The number of carbonyl (C=O) groups excluding carboxylic acids is 2. The second-order valence-electron chi connectivity index (χ2n) is 8.13. The molecule has 2 amide bonds. The molecule has 0 aromatic rings. The molecule has 3 aliphatic rings. The summed E-state index contributed by atoms with van der Waals surface area (Å²) in [5, 5.41) is 3.30. The summed E-state index contributed by atoms with van der Waals surface area (Å²) >= 11 is 0. The van der Waals surface area contributed by atoms with Crippen molar-refractivity contribution < 1.29 is 9.59 Å². The van der Waals surface area contributed by atoms with E-state index in [1.54, 1.807) is 0 Å². The molecule has 0 unspecified atom stereocenters. The zero-order chi connectivity index (χ0) is 16.8. The molecule has 1 aliphatic heterocycles. The molecule has 4 nitrogen and oxygen atoms in total. The molecule has 2 saturated carbocycles. The molecule has 2 aliphatic carbocycles. The summed E-state index contributed by atoms with van der Waals surface area (Å²) in [6.07, 6.45) is 14.6. The average molecular weight is 335 g/mol. The quantitative estimate of drug-likeness (QED) is 0.801. The van der Waals surface area contributed by atoms with Gasteiger partial charge in [0, 0.05) is 31.0 Å². The van der Waals surface area contributed by atoms with E-state index in [0.717, 1.165) is 64.5 Å². The van der Waals surface area contributed by atoms with E-state index in [2.05, 4.69) is 10.2 Å². The SMILES string of the molecule is O=C(NC1CCCCCC1)C1CCC(C(=O)N2CCCCC2)CC1. The second-order valence-corrected chi connectivity index (χ2v) is 8.13. The molecule has 3 fully saturated rings. The van der Waals surface area contributed by atoms with Crippen LogP contribution >= 0.6 is 0 Å². The van der Waals surface area contributed by atoms with Crippen LogP contribution in [0.25, 0.3) is 0 Å². The van der Waals surface area contributed by atoms with Gasteiger partial charge in [-0.3, -0.25) is 9.59 Å². The van der Waals surface area contributed by atoms with Crippen LogP contribution in [0.15, 0.2) is 0 Å². The number of hydrogen-bond acceptors (Lipinski definition) is 2. The molecule has 24 heavy (non-hydrogen) atoms. The maximum absolute atomic E-state index is 12.6. The summed E-state index contributed by atoms with van der Waals surface area (Å²) in [6, 6.07) is 0.396. The lowest BCUT2D eigenvalue weighted by Crippen LogP contribution is -2.43. The van der Waals surface area contributed by atoms with Gasteiger partial charge in [-0.05, 0) is 57.8 Å². The number of nitrogens with zero attached hydrogens (tertiary/aromatic N) is 1. The highest BCUT2D eigenvalue weighted by Gasteiger charge is 2.33. The van der Waals surface area contributed by atoms with E-state index in [-0.39, 0.29) is 17.7 Å². The zero-order valence-electron chi connectivity index (χ0n) is 15.1. The first-order valence-electron chi connectivity index (χ1n) is 10.3. The monoisotopic (exact) mass is 334 g/mol. The van der Waals surface area contributed by atoms with Gasteiger partial charge < -0.3 is 10.2 Å². The molecular weight excluding hydrogens is 300 g/mol. The van der Waals surface area contributed by atoms with Crippen molar-refractivity contribution in [2.24, 2.45) is 11.8 Å². The third kappa shape index (κ3) is 4.73. The molecule has 136 valence electrons. The Bertz CT molecular complexity index is 415. The zero-order valence-corrected chi connectivity index (χ0v) is 15.1. The van der Waals surface area contributed by atoms with Gasteiger partial charge in [-0.15, -0.1) is 0 Å². The minimum atomic E-state index is 0.138. The number of hydrogen-bond donors (Lipinski definition) is 1. The smallest absolute Gasteiger partial charge is 0.225 e. The minimum Gasteiger partial charge on any atom is -0.353 e. The Morgan fingerprint density at radius 2 is 1.21 bits per heavy atom. The first-order chi connectivity index (χ1) is 11.7. The molecule has 0 aromatic carbocycles. The maximum Gasteiger partial charge on any atom is 0.225 e. The van der Waals surface area contributed by atoms with E-state index in [1.165, 1.54) is 32.1 Å². The largest absolute Gasteiger partial charge is 0.353 e. The highest BCUT2D eigenvalue weighted by atomic mass is 16.2. The van der Waals surface area contributed by atoms with Gasteiger partial charge >= 0.3 is 0 Å². The van der Waals surface area contributed by atoms with Crippen LogP contribution in [0.5, 0.6) is 0 Å². The summed E-state index contributed by atoms with van der Waals surface area (Å²) in [6.45, 7) is 1.89. The summed E-state index contributed by atoms with van der Waals surface area (Å²) in [5.74, 6) is 0.923. The molecule has 0 radical (unpaired) electrons. The third-order valence-corrected chi connectivity index (χ3v) is 6.32. The van der Waals surface area contributed by atoms with Crippen LogP contribution in [-0.4, -0.2) is 35.8 Å². The van der Waals surface area contributed by atoms with E-state index >= 15 is 0 Å². The number of likely N-dealkylation sites (tertiary alicyclic amines) is 1. The summed E-state index contributed by atoms with van der Waals surface area (Å²) < 4.78 is 0. The predicted molar refractivity (Wildman–Crippen MR) is 95.5 cm³/mol. The molecule has 0 aromatic heterocycles. The van der Waals surface area contributed by atoms with Crippen LogP contribution in [0.2, 0.25) is 0 Å². The number of amides is 2. The van der Waals surface area contributed by atoms with Crippen molar-refractivity contribution >= 4 is 11.8 Å². The van der Waals surface area contributed by atoms with Gasteiger partial charge in [0.1, 0.15) is 0 Å². The predicted octanol–water partition coefficient (Wildman–Crippen LogP) is 3.64. The van der Waals surface area contributed by atoms with Gasteiger partial charge in [-0.25, -0.2) is 0 Å². The molecule has 4 heteroatoms. The summed E-state index contributed by atoms with van der Waals surface area (Å²) in [7, 11) is 0. The molecular formula is C20H34N2O2. The molecule has 0 spiro atoms. The summed E-state index contributed by atoms with van der Waals surface area (Å²) in [5.41, 5.74) is 0. The van der Waals surface area contributed by atoms with Gasteiger partial charge in [0.05, 0.1) is 0 Å². The molecule has 3 rings (SSSR count). The maximum atomic E-state index is 12.6. The van der Waals surface area contributed by atoms with Gasteiger partial charge in [0.2, 0.25) is 11.8 Å². The van der Waals surface area contributed by atoms with E-state index in [4.69, 9.17) is 0 Å². The van der Waals surface area contributed by atoms with Gasteiger partial charge in [0.15, 0.2) is 0 Å². The number of piperidine rings is 1. The van der Waals surface area contributed by atoms with Gasteiger partial charge in [0.25, 0.3) is 0 Å². The van der Waals surface area contributed by atoms with Crippen molar-refractivity contribution in [3.05, 3.63) is 0 Å². The molecule has 0 bridgehead atoms. The van der Waals surface area contributed by atoms with Crippen molar-refractivity contribution in [1.82, 2.24) is 10.2 Å². The van der Waals surface area contributed by atoms with Crippen molar-refractivity contribution in [2.45, 2.75) is 89.5 Å². The van der Waals surface area contributed by atoms with Crippen LogP contribution in [-0.2, 0) is 9.59 Å². The van der Waals surface area contributed by atoms with Crippen LogP contribution < -0.4 is 5.32 Å². The first kappa shape index (κ1) is 17.8. The molecule has 1 saturated heterocycles. The van der Waals surface area contributed by atoms with E-state index in [0.29, 0.717) is 11.9 Å². The van der Waals surface area contributed by atoms with Crippen molar-refractivity contribution in [1.29, 1.82) is 0 Å². The lowest BCUT2D eigenvalue weighted by atomic mass is 9.80. The van der Waals surface area contributed by atoms with Crippen molar-refractivity contribution in [2.75, 3.05) is 13.1 Å². The van der Waals surface area contributed by atoms with E-state index < -0.39 is 0 Å². The topological polar surface area (TPSA) is 49.4 Å². The lowest BCUT2D eigenvalue weighted by Gasteiger charge is -2.34. The molecule has 1 heterocycles. The summed E-state index contributed by atoms with van der Waals surface area (Å²) in [4.78, 5) is 27.2. The Morgan fingerprint density at radius 3 is 1.83 bits per heavy atom. The Kier molecular flexibility index (Phi) is 6.56. The van der Waals surface area contributed by atoms with Crippen LogP contribution in [0.1, 0.15) is 83.5 Å². The second kappa shape index (κ2) is 8.87. The van der Waals surface area contributed by atoms with Crippen LogP contribution in [0.3, 0.4) is 0 Å². The average Bonchev–Trinajstić information content (AvgIpc) is 2.90. The minimum absolute atomic E-state index is 0.138. The molecule has 1 N–H and O–H groups in total. The van der Waals surface area contributed by atoms with Crippen LogP contribution in [0.4, 0.5) is 0 Å². The highest BCUT2D eigenvalue weighted by Crippen LogP contribution is 2.31.